The molecule has 23 heavy (non-hydrogen) atoms. The van der Waals surface area contributed by atoms with Crippen LogP contribution in [0, 0.1) is 0 Å². The molecule has 0 saturated carbocycles. The second-order valence-corrected chi connectivity index (χ2v) is 6.52. The second kappa shape index (κ2) is 5.83. The summed E-state index contributed by atoms with van der Waals surface area (Å²) in [4.78, 5) is 12.0. The first-order valence-electron chi connectivity index (χ1n) is 7.79. The number of rotatable bonds is 5. The second-order valence-electron chi connectivity index (χ2n) is 6.52. The zero-order chi connectivity index (χ0) is 16.6. The SMILES string of the molecule is CC(NC(CO)c1ccco1)c1ccc2c(c1)C(C)(C)C(=O)N2. The van der Waals surface area contributed by atoms with Gasteiger partial charge in [0.1, 0.15) is 5.76 Å². The molecule has 1 aromatic heterocycles. The molecule has 122 valence electrons. The van der Waals surface area contributed by atoms with E-state index in [0.717, 1.165) is 16.8 Å². The summed E-state index contributed by atoms with van der Waals surface area (Å²) in [6.07, 6.45) is 1.60. The fourth-order valence-corrected chi connectivity index (χ4v) is 2.97. The van der Waals surface area contributed by atoms with Gasteiger partial charge in [-0.1, -0.05) is 12.1 Å². The molecule has 1 amide bonds. The molecule has 2 unspecified atom stereocenters. The first kappa shape index (κ1) is 15.8. The summed E-state index contributed by atoms with van der Waals surface area (Å²) in [6.45, 7) is 5.84. The predicted molar refractivity (Wildman–Crippen MR) is 88.2 cm³/mol. The summed E-state index contributed by atoms with van der Waals surface area (Å²) in [5.41, 5.74) is 2.42. The van der Waals surface area contributed by atoms with E-state index < -0.39 is 5.41 Å². The number of nitrogens with one attached hydrogen (secondary N) is 2. The third kappa shape index (κ3) is 2.78. The molecular weight excluding hydrogens is 292 g/mol. The third-order valence-corrected chi connectivity index (χ3v) is 4.55. The standard InChI is InChI=1S/C18H22N2O3/c1-11(19-15(10-21)16-5-4-8-23-16)12-6-7-14-13(9-12)18(2,3)17(22)20-14/h4-9,11,15,19,21H,10H2,1-3H3,(H,20,22). The number of benzene rings is 1. The van der Waals surface area contributed by atoms with Gasteiger partial charge < -0.3 is 14.8 Å². The van der Waals surface area contributed by atoms with Crippen molar-refractivity contribution in [2.24, 2.45) is 0 Å². The van der Waals surface area contributed by atoms with Crippen molar-refractivity contribution in [2.45, 2.75) is 38.3 Å². The van der Waals surface area contributed by atoms with Crippen molar-refractivity contribution in [3.05, 3.63) is 53.5 Å². The number of furan rings is 1. The quantitative estimate of drug-likeness (QED) is 0.793. The molecule has 3 rings (SSSR count). The van der Waals surface area contributed by atoms with E-state index in [1.54, 1.807) is 12.3 Å². The highest BCUT2D eigenvalue weighted by atomic mass is 16.3. The van der Waals surface area contributed by atoms with E-state index in [9.17, 15) is 9.90 Å². The van der Waals surface area contributed by atoms with Crippen LogP contribution in [0.4, 0.5) is 5.69 Å². The average molecular weight is 314 g/mol. The number of hydrogen-bond donors (Lipinski definition) is 3. The molecular formula is C18H22N2O3. The van der Waals surface area contributed by atoms with Gasteiger partial charge >= 0.3 is 0 Å². The van der Waals surface area contributed by atoms with Gasteiger partial charge in [-0.05, 0) is 50.1 Å². The van der Waals surface area contributed by atoms with Crippen LogP contribution in [0.5, 0.6) is 0 Å². The van der Waals surface area contributed by atoms with E-state index in [1.807, 2.05) is 39.0 Å². The molecule has 0 bridgehead atoms. The summed E-state index contributed by atoms with van der Waals surface area (Å²) >= 11 is 0. The highest BCUT2D eigenvalue weighted by Gasteiger charge is 2.38. The Morgan fingerprint density at radius 1 is 1.35 bits per heavy atom. The number of amides is 1. The molecule has 2 aromatic rings. The van der Waals surface area contributed by atoms with E-state index in [2.05, 4.69) is 16.7 Å². The van der Waals surface area contributed by atoms with E-state index in [0.29, 0.717) is 5.76 Å². The van der Waals surface area contributed by atoms with E-state index in [4.69, 9.17) is 4.42 Å². The van der Waals surface area contributed by atoms with Crippen LogP contribution in [0.3, 0.4) is 0 Å². The minimum absolute atomic E-state index is 0.00838. The molecule has 0 aliphatic carbocycles. The monoisotopic (exact) mass is 314 g/mol. The first-order valence-corrected chi connectivity index (χ1v) is 7.79. The van der Waals surface area contributed by atoms with Crippen LogP contribution in [-0.4, -0.2) is 17.6 Å². The van der Waals surface area contributed by atoms with Crippen LogP contribution in [0.2, 0.25) is 0 Å². The largest absolute Gasteiger partial charge is 0.468 e. The molecule has 0 radical (unpaired) electrons. The van der Waals surface area contributed by atoms with Gasteiger partial charge in [0.25, 0.3) is 0 Å². The van der Waals surface area contributed by atoms with Gasteiger partial charge in [-0.2, -0.15) is 0 Å². The summed E-state index contributed by atoms with van der Waals surface area (Å²) in [7, 11) is 0. The van der Waals surface area contributed by atoms with Crippen molar-refractivity contribution in [2.75, 3.05) is 11.9 Å². The van der Waals surface area contributed by atoms with Crippen LogP contribution in [0.1, 0.15) is 49.7 Å². The topological polar surface area (TPSA) is 74.5 Å². The maximum atomic E-state index is 12.0. The van der Waals surface area contributed by atoms with Gasteiger partial charge in [0.2, 0.25) is 5.91 Å². The third-order valence-electron chi connectivity index (χ3n) is 4.55. The molecule has 1 aromatic carbocycles. The number of fused-ring (bicyclic) bond motifs is 1. The normalized spacial score (nSPS) is 18.3. The van der Waals surface area contributed by atoms with Crippen molar-refractivity contribution in [1.29, 1.82) is 0 Å². The molecule has 1 aliphatic heterocycles. The Morgan fingerprint density at radius 3 is 2.78 bits per heavy atom. The zero-order valence-electron chi connectivity index (χ0n) is 13.6. The average Bonchev–Trinajstić information content (AvgIpc) is 3.13. The molecule has 3 N–H and O–H groups in total. The fourth-order valence-electron chi connectivity index (χ4n) is 2.97. The van der Waals surface area contributed by atoms with Crippen LogP contribution >= 0.6 is 0 Å². The number of aliphatic hydroxyl groups excluding tert-OH is 1. The maximum Gasteiger partial charge on any atom is 0.234 e. The summed E-state index contributed by atoms with van der Waals surface area (Å²) in [6, 6.07) is 9.39. The number of carbonyl (C=O) groups excluding carboxylic acids is 1. The molecule has 2 heterocycles. The van der Waals surface area contributed by atoms with Crippen LogP contribution < -0.4 is 10.6 Å². The lowest BCUT2D eigenvalue weighted by Crippen LogP contribution is -2.28. The number of aliphatic hydroxyl groups is 1. The number of carbonyl (C=O) groups is 1. The fraction of sp³-hybridized carbons (Fsp3) is 0.389. The van der Waals surface area contributed by atoms with Crippen molar-refractivity contribution in [1.82, 2.24) is 5.32 Å². The molecule has 2 atom stereocenters. The minimum atomic E-state index is -0.525. The summed E-state index contributed by atoms with van der Waals surface area (Å²) in [5, 5.41) is 15.9. The molecule has 0 saturated heterocycles. The van der Waals surface area contributed by atoms with Gasteiger partial charge in [-0.3, -0.25) is 10.1 Å². The lowest BCUT2D eigenvalue weighted by atomic mass is 9.85. The minimum Gasteiger partial charge on any atom is -0.468 e. The predicted octanol–water partition coefficient (Wildman–Crippen LogP) is 2.89. The molecule has 5 heteroatoms. The highest BCUT2D eigenvalue weighted by Crippen LogP contribution is 2.38. The van der Waals surface area contributed by atoms with E-state index >= 15 is 0 Å². The van der Waals surface area contributed by atoms with E-state index in [1.165, 1.54) is 0 Å². The van der Waals surface area contributed by atoms with Gasteiger partial charge in [0.05, 0.1) is 24.3 Å². The Hall–Kier alpha value is -2.11. The zero-order valence-corrected chi connectivity index (χ0v) is 13.6. The van der Waals surface area contributed by atoms with Gasteiger partial charge in [0, 0.05) is 11.7 Å². The Morgan fingerprint density at radius 2 is 2.13 bits per heavy atom. The Kier molecular flexibility index (Phi) is 4.00. The molecule has 5 nitrogen and oxygen atoms in total. The number of hydrogen-bond acceptors (Lipinski definition) is 4. The summed E-state index contributed by atoms with van der Waals surface area (Å²) in [5.74, 6) is 0.728. The van der Waals surface area contributed by atoms with Crippen molar-refractivity contribution < 1.29 is 14.3 Å². The Labute approximate surface area is 135 Å². The summed E-state index contributed by atoms with van der Waals surface area (Å²) < 4.78 is 5.37. The highest BCUT2D eigenvalue weighted by molar-refractivity contribution is 6.05. The van der Waals surface area contributed by atoms with Gasteiger partial charge in [-0.25, -0.2) is 0 Å². The van der Waals surface area contributed by atoms with Crippen LogP contribution in [0.15, 0.2) is 41.0 Å². The van der Waals surface area contributed by atoms with Crippen molar-refractivity contribution in [3.8, 4) is 0 Å². The molecule has 1 aliphatic rings. The first-order chi connectivity index (χ1) is 10.9. The molecule has 0 fully saturated rings. The van der Waals surface area contributed by atoms with Gasteiger partial charge in [0.15, 0.2) is 0 Å². The Bertz CT molecular complexity index is 707. The lowest BCUT2D eigenvalue weighted by Gasteiger charge is -2.22. The maximum absolute atomic E-state index is 12.0. The smallest absolute Gasteiger partial charge is 0.234 e. The van der Waals surface area contributed by atoms with E-state index in [-0.39, 0.29) is 24.6 Å². The number of anilines is 1. The Balaban J connectivity index is 1.83. The van der Waals surface area contributed by atoms with Crippen molar-refractivity contribution in [3.63, 3.8) is 0 Å². The van der Waals surface area contributed by atoms with Crippen molar-refractivity contribution >= 4 is 11.6 Å². The molecule has 0 spiro atoms. The van der Waals surface area contributed by atoms with Crippen LogP contribution in [-0.2, 0) is 10.2 Å². The van der Waals surface area contributed by atoms with Crippen LogP contribution in [0.25, 0.3) is 0 Å². The lowest BCUT2D eigenvalue weighted by molar-refractivity contribution is -0.119. The van der Waals surface area contributed by atoms with Gasteiger partial charge in [-0.15, -0.1) is 0 Å².